The zero-order valence-electron chi connectivity index (χ0n) is 1.76. The van der Waals surface area contributed by atoms with E-state index in [0.717, 1.165) is 0 Å². The fraction of sp³-hybridized carbons (Fsp3) is 0. The Labute approximate surface area is 51.7 Å². The quantitative estimate of drug-likeness (QED) is 0.534. The summed E-state index contributed by atoms with van der Waals surface area (Å²) in [6.45, 7) is 0. The number of hydrogen-bond acceptors (Lipinski definition) is 2. The summed E-state index contributed by atoms with van der Waals surface area (Å²) < 4.78 is 17.1. The topological polar surface area (TPSA) is 34.1 Å². The predicted molar refractivity (Wildman–Crippen MR) is 1.37 cm³/mol. The Kier molecular flexibility index (Phi) is 19.9. The van der Waals surface area contributed by atoms with Crippen molar-refractivity contribution in [1.29, 1.82) is 0 Å². The molecule has 21 valence electrons. The molecule has 2 nitrogen and oxygen atoms in total. The van der Waals surface area contributed by atoms with Crippen LogP contribution in [0.25, 0.3) is 0 Å². The molecule has 0 rings (SSSR count). The molecule has 0 radical (unpaired) electrons. The first-order chi connectivity index (χ1) is 1.41. The first kappa shape index (κ1) is 8.96. The standard InChI is InChI=1S/Hf.2O.Ta. The monoisotopic (exact) mass is 393 g/mol. The van der Waals surface area contributed by atoms with E-state index < -0.39 is 19.7 Å². The molecule has 0 aromatic heterocycles. The van der Waals surface area contributed by atoms with Gasteiger partial charge in [0.15, 0.2) is 0 Å². The predicted octanol–water partition coefficient (Wildman–Crippen LogP) is -0.243. The van der Waals surface area contributed by atoms with E-state index in [2.05, 4.69) is 0 Å². The van der Waals surface area contributed by atoms with Gasteiger partial charge in [0.25, 0.3) is 0 Å². The summed E-state index contributed by atoms with van der Waals surface area (Å²) >= 11 is -2.33. The Morgan fingerprint density at radius 2 is 1.25 bits per heavy atom. The maximum atomic E-state index is 8.56. The van der Waals surface area contributed by atoms with E-state index in [1.165, 1.54) is 0 Å². The summed E-state index contributed by atoms with van der Waals surface area (Å²) in [6.07, 6.45) is 0. The zero-order chi connectivity index (χ0) is 2.71. The molecule has 0 fully saturated rings. The van der Waals surface area contributed by atoms with Gasteiger partial charge in [-0.15, -0.1) is 0 Å². The van der Waals surface area contributed by atoms with Crippen molar-refractivity contribution in [2.45, 2.75) is 0 Å². The van der Waals surface area contributed by atoms with Crippen molar-refractivity contribution in [2.24, 2.45) is 0 Å². The van der Waals surface area contributed by atoms with E-state index in [4.69, 9.17) is 6.50 Å². The fourth-order valence-corrected chi connectivity index (χ4v) is 0. The molecule has 4 heavy (non-hydrogen) atoms. The molecule has 0 aliphatic heterocycles. The third-order valence-electron chi connectivity index (χ3n) is 0. The average Bonchev–Trinajstić information content (AvgIpc) is 0.918. The molecule has 0 aromatic rings. The van der Waals surface area contributed by atoms with Crippen molar-refractivity contribution < 1.29 is 52.0 Å². The SMILES string of the molecule is [Hf].[O]=[Ta]=[O]. The van der Waals surface area contributed by atoms with Gasteiger partial charge in [0.2, 0.25) is 0 Å². The molecule has 0 N–H and O–H groups in total. The molecule has 0 saturated heterocycles. The van der Waals surface area contributed by atoms with Crippen LogP contribution in [0.5, 0.6) is 0 Å². The van der Waals surface area contributed by atoms with Crippen molar-refractivity contribution in [1.82, 2.24) is 0 Å². The number of hydrogen-bond donors (Lipinski definition) is 0. The molecule has 0 heterocycles. The Morgan fingerprint density at radius 1 is 1.25 bits per heavy atom. The van der Waals surface area contributed by atoms with Gasteiger partial charge < -0.3 is 0 Å². The fourth-order valence-electron chi connectivity index (χ4n) is 0. The van der Waals surface area contributed by atoms with Crippen LogP contribution < -0.4 is 0 Å². The van der Waals surface area contributed by atoms with Crippen LogP contribution in [0, 0.1) is 0 Å². The van der Waals surface area contributed by atoms with Crippen LogP contribution in [0.15, 0.2) is 0 Å². The van der Waals surface area contributed by atoms with Crippen molar-refractivity contribution in [3.8, 4) is 0 Å². The molecule has 0 atom stereocenters. The maximum absolute atomic E-state index is 8.56. The van der Waals surface area contributed by atoms with E-state index in [-0.39, 0.29) is 25.8 Å². The van der Waals surface area contributed by atoms with Crippen LogP contribution in [0.2, 0.25) is 0 Å². The average molecular weight is 391 g/mol. The van der Waals surface area contributed by atoms with Gasteiger partial charge in [0.05, 0.1) is 0 Å². The molecule has 0 spiro atoms. The zero-order valence-corrected chi connectivity index (χ0v) is 8.57. The summed E-state index contributed by atoms with van der Waals surface area (Å²) in [5.41, 5.74) is 0. The van der Waals surface area contributed by atoms with Crippen LogP contribution in [0.4, 0.5) is 0 Å². The Bertz CT molecular complexity index is 27.0. The number of rotatable bonds is 0. The van der Waals surface area contributed by atoms with Gasteiger partial charge in [0.1, 0.15) is 0 Å². The van der Waals surface area contributed by atoms with E-state index in [1.54, 1.807) is 0 Å². The summed E-state index contributed by atoms with van der Waals surface area (Å²) in [5, 5.41) is 0. The molecule has 0 saturated carbocycles. The molecular weight excluding hydrogens is 391 g/mol. The second-order valence-electron chi connectivity index (χ2n) is 0.0745. The minimum atomic E-state index is -2.33. The van der Waals surface area contributed by atoms with Crippen molar-refractivity contribution in [2.75, 3.05) is 0 Å². The van der Waals surface area contributed by atoms with Gasteiger partial charge in [-0.3, -0.25) is 0 Å². The summed E-state index contributed by atoms with van der Waals surface area (Å²) in [7, 11) is 0. The molecular formula is HfO2Ta. The van der Waals surface area contributed by atoms with Crippen LogP contribution >= 0.6 is 0 Å². The minimum absolute atomic E-state index is 0. The normalized spacial score (nSPS) is 2.00. The van der Waals surface area contributed by atoms with Gasteiger partial charge in [0, 0.05) is 25.8 Å². The van der Waals surface area contributed by atoms with Crippen molar-refractivity contribution in [3.63, 3.8) is 0 Å². The summed E-state index contributed by atoms with van der Waals surface area (Å²) in [6, 6.07) is 0. The second-order valence-corrected chi connectivity index (χ2v) is 0.610. The summed E-state index contributed by atoms with van der Waals surface area (Å²) in [4.78, 5) is 0. The van der Waals surface area contributed by atoms with Crippen LogP contribution in [0.1, 0.15) is 0 Å². The molecule has 0 aliphatic rings. The molecule has 4 heteroatoms. The van der Waals surface area contributed by atoms with Crippen molar-refractivity contribution >= 4 is 0 Å². The first-order valence-electron chi connectivity index (χ1n) is 0.365. The molecule has 0 aromatic carbocycles. The Balaban J connectivity index is 0. The Hall–Kier alpha value is 1.21. The third-order valence-corrected chi connectivity index (χ3v) is 0. The van der Waals surface area contributed by atoms with Gasteiger partial charge in [-0.1, -0.05) is 0 Å². The van der Waals surface area contributed by atoms with E-state index in [0.29, 0.717) is 0 Å². The van der Waals surface area contributed by atoms with Gasteiger partial charge in [-0.25, -0.2) is 0 Å². The van der Waals surface area contributed by atoms with E-state index >= 15 is 0 Å². The molecule has 0 bridgehead atoms. The second kappa shape index (κ2) is 8.88. The Morgan fingerprint density at radius 3 is 1.25 bits per heavy atom. The summed E-state index contributed by atoms with van der Waals surface area (Å²) in [5.74, 6) is 0. The van der Waals surface area contributed by atoms with E-state index in [1.807, 2.05) is 0 Å². The molecule has 0 aliphatic carbocycles. The van der Waals surface area contributed by atoms with Gasteiger partial charge in [-0.2, -0.15) is 0 Å². The van der Waals surface area contributed by atoms with Crippen LogP contribution in [0.3, 0.4) is 0 Å². The third kappa shape index (κ3) is 10.7. The van der Waals surface area contributed by atoms with E-state index in [9.17, 15) is 0 Å². The van der Waals surface area contributed by atoms with Gasteiger partial charge in [-0.05, 0) is 0 Å². The first-order valence-corrected chi connectivity index (χ1v) is 2.99. The van der Waals surface area contributed by atoms with Gasteiger partial charge >= 0.3 is 26.2 Å². The van der Waals surface area contributed by atoms with Crippen LogP contribution in [-0.2, 0) is 52.0 Å². The van der Waals surface area contributed by atoms with Crippen molar-refractivity contribution in [3.05, 3.63) is 0 Å². The van der Waals surface area contributed by atoms with Crippen LogP contribution in [-0.4, -0.2) is 0 Å². The molecule has 0 amide bonds. The molecule has 0 unspecified atom stereocenters.